The molecule has 2 rings (SSSR count). The number of nitrogens with one attached hydrogen (secondary N) is 1. The molecule has 0 aliphatic heterocycles. The first-order valence-corrected chi connectivity index (χ1v) is 7.14. The zero-order valence-corrected chi connectivity index (χ0v) is 11.9. The van der Waals surface area contributed by atoms with Crippen molar-refractivity contribution in [3.63, 3.8) is 0 Å². The van der Waals surface area contributed by atoms with Crippen LogP contribution in [0.1, 0.15) is 25.5 Å². The van der Waals surface area contributed by atoms with Crippen LogP contribution in [0.3, 0.4) is 0 Å². The van der Waals surface area contributed by atoms with Crippen molar-refractivity contribution in [1.29, 1.82) is 0 Å². The largest absolute Gasteiger partial charge is 0.441 e. The van der Waals surface area contributed by atoms with E-state index in [9.17, 15) is 13.2 Å². The molecular weight excluding hydrogens is 289 g/mol. The Balaban J connectivity index is 2.06. The van der Waals surface area contributed by atoms with Crippen LogP contribution < -0.4 is 5.32 Å². The third-order valence-corrected chi connectivity index (χ3v) is 3.40. The number of thioether (sulfide) groups is 1. The minimum Gasteiger partial charge on any atom is -0.367 e. The number of anilines is 1. The summed E-state index contributed by atoms with van der Waals surface area (Å²) in [5, 5.41) is 7.31. The molecule has 2 aromatic rings. The number of alkyl halides is 3. The van der Waals surface area contributed by atoms with Gasteiger partial charge in [0.25, 0.3) is 0 Å². The molecule has 0 aliphatic rings. The molecule has 8 heteroatoms. The number of hydrogen-bond acceptors (Lipinski definition) is 4. The topological polar surface area (TPSA) is 42.2 Å². The Morgan fingerprint density at radius 3 is 2.80 bits per heavy atom. The quantitative estimate of drug-likeness (QED) is 0.858. The van der Waals surface area contributed by atoms with Gasteiger partial charge in [-0.3, -0.25) is 0 Å². The maximum absolute atomic E-state index is 12.0. The van der Waals surface area contributed by atoms with E-state index in [2.05, 4.69) is 15.4 Å². The Morgan fingerprint density at radius 1 is 1.40 bits per heavy atom. The van der Waals surface area contributed by atoms with Crippen molar-refractivity contribution in [1.82, 2.24) is 14.6 Å². The fourth-order valence-corrected chi connectivity index (χ4v) is 2.13. The summed E-state index contributed by atoms with van der Waals surface area (Å²) in [7, 11) is 0. The summed E-state index contributed by atoms with van der Waals surface area (Å²) in [5.41, 5.74) is -2.50. The van der Waals surface area contributed by atoms with E-state index in [0.29, 0.717) is 5.82 Å². The second-order valence-electron chi connectivity index (χ2n) is 4.55. The van der Waals surface area contributed by atoms with E-state index in [4.69, 9.17) is 0 Å². The molecule has 0 aromatic carbocycles. The number of nitrogens with zero attached hydrogens (tertiary/aromatic N) is 3. The Kier molecular flexibility index (Phi) is 4.42. The van der Waals surface area contributed by atoms with E-state index in [1.54, 1.807) is 16.9 Å². The Bertz CT molecular complexity index is 580. The van der Waals surface area contributed by atoms with Crippen molar-refractivity contribution in [3.05, 3.63) is 24.2 Å². The van der Waals surface area contributed by atoms with Crippen LogP contribution in [0.15, 0.2) is 18.5 Å². The van der Waals surface area contributed by atoms with Crippen LogP contribution in [-0.4, -0.2) is 32.4 Å². The minimum atomic E-state index is -4.19. The van der Waals surface area contributed by atoms with Crippen LogP contribution in [0.2, 0.25) is 0 Å². The van der Waals surface area contributed by atoms with Crippen molar-refractivity contribution in [2.75, 3.05) is 17.6 Å². The highest BCUT2D eigenvalue weighted by Crippen LogP contribution is 2.29. The first-order chi connectivity index (χ1) is 9.37. The number of rotatable bonds is 5. The summed E-state index contributed by atoms with van der Waals surface area (Å²) in [6.07, 6.45) is 3.29. The lowest BCUT2D eigenvalue weighted by molar-refractivity contribution is -0.0327. The zero-order chi connectivity index (χ0) is 14.8. The van der Waals surface area contributed by atoms with Crippen molar-refractivity contribution in [3.8, 4) is 0 Å². The van der Waals surface area contributed by atoms with Gasteiger partial charge in [0.2, 0.25) is 0 Å². The molecule has 2 aromatic heterocycles. The van der Waals surface area contributed by atoms with E-state index < -0.39 is 5.51 Å². The summed E-state index contributed by atoms with van der Waals surface area (Å²) in [6.45, 7) is 4.25. The summed E-state index contributed by atoms with van der Waals surface area (Å²) < 4.78 is 37.8. The highest BCUT2D eigenvalue weighted by molar-refractivity contribution is 8.00. The van der Waals surface area contributed by atoms with Crippen molar-refractivity contribution in [2.24, 2.45) is 0 Å². The lowest BCUT2D eigenvalue weighted by Crippen LogP contribution is -2.11. The Labute approximate surface area is 118 Å². The van der Waals surface area contributed by atoms with Gasteiger partial charge in [-0.2, -0.15) is 18.3 Å². The maximum atomic E-state index is 12.0. The maximum Gasteiger partial charge on any atom is 0.441 e. The summed E-state index contributed by atoms with van der Waals surface area (Å²) in [4.78, 5) is 4.15. The first kappa shape index (κ1) is 15.0. The van der Waals surface area contributed by atoms with Crippen LogP contribution >= 0.6 is 11.8 Å². The summed E-state index contributed by atoms with van der Waals surface area (Å²) >= 11 is -0.0444. The fourth-order valence-electron chi connectivity index (χ4n) is 1.70. The molecule has 0 spiro atoms. The minimum absolute atomic E-state index is 0.0444. The molecule has 2 heterocycles. The van der Waals surface area contributed by atoms with Crippen LogP contribution in [0, 0.1) is 0 Å². The van der Waals surface area contributed by atoms with Gasteiger partial charge in [0, 0.05) is 24.7 Å². The molecule has 0 radical (unpaired) electrons. The van der Waals surface area contributed by atoms with Crippen molar-refractivity contribution in [2.45, 2.75) is 25.3 Å². The van der Waals surface area contributed by atoms with Crippen molar-refractivity contribution >= 4 is 23.1 Å². The molecule has 1 N–H and O–H groups in total. The molecule has 0 fully saturated rings. The molecule has 0 aliphatic carbocycles. The smallest absolute Gasteiger partial charge is 0.367 e. The molecule has 0 amide bonds. The van der Waals surface area contributed by atoms with Gasteiger partial charge < -0.3 is 5.32 Å². The number of aromatic nitrogens is 3. The highest BCUT2D eigenvalue weighted by atomic mass is 32.2. The molecule has 0 saturated heterocycles. The number of halogens is 3. The van der Waals surface area contributed by atoms with Gasteiger partial charge >= 0.3 is 5.51 Å². The molecule has 0 atom stereocenters. The van der Waals surface area contributed by atoms with Gasteiger partial charge in [0.1, 0.15) is 5.52 Å². The predicted molar refractivity (Wildman–Crippen MR) is 74.1 cm³/mol. The third-order valence-electron chi connectivity index (χ3n) is 2.66. The standard InChI is InChI=1S/C12H15F3N4S/c1-8(2)9-7-10-11(16-3-5-19(10)18-9)17-4-6-20-12(13,14)15/h3,5,7-8H,4,6H2,1-2H3,(H,16,17). The summed E-state index contributed by atoms with van der Waals surface area (Å²) in [6, 6.07) is 1.90. The lowest BCUT2D eigenvalue weighted by Gasteiger charge is -2.08. The van der Waals surface area contributed by atoms with Gasteiger partial charge in [0.05, 0.1) is 5.69 Å². The molecule has 0 unspecified atom stereocenters. The Hall–Kier alpha value is -1.44. The molecule has 4 nitrogen and oxygen atoms in total. The van der Waals surface area contributed by atoms with Gasteiger partial charge in [-0.15, -0.1) is 0 Å². The SMILES string of the molecule is CC(C)c1cc2c(NCCSC(F)(F)F)nccn2n1. The van der Waals surface area contributed by atoms with E-state index in [1.165, 1.54) is 0 Å². The Morgan fingerprint density at radius 2 is 2.15 bits per heavy atom. The van der Waals surface area contributed by atoms with Crippen LogP contribution in [0.25, 0.3) is 5.52 Å². The van der Waals surface area contributed by atoms with E-state index in [0.717, 1.165) is 11.2 Å². The van der Waals surface area contributed by atoms with E-state index >= 15 is 0 Å². The van der Waals surface area contributed by atoms with Crippen molar-refractivity contribution < 1.29 is 13.2 Å². The first-order valence-electron chi connectivity index (χ1n) is 6.15. The zero-order valence-electron chi connectivity index (χ0n) is 11.1. The molecular formula is C12H15F3N4S. The van der Waals surface area contributed by atoms with E-state index in [1.807, 2.05) is 19.9 Å². The van der Waals surface area contributed by atoms with Gasteiger partial charge in [-0.25, -0.2) is 9.50 Å². The monoisotopic (exact) mass is 304 g/mol. The fraction of sp³-hybridized carbons (Fsp3) is 0.500. The van der Waals surface area contributed by atoms with Crippen LogP contribution in [-0.2, 0) is 0 Å². The molecule has 0 saturated carbocycles. The average molecular weight is 304 g/mol. The predicted octanol–water partition coefficient (Wildman–Crippen LogP) is 3.52. The van der Waals surface area contributed by atoms with Crippen LogP contribution in [0.4, 0.5) is 19.0 Å². The summed E-state index contributed by atoms with van der Waals surface area (Å²) in [5.74, 6) is 0.774. The normalized spacial score (nSPS) is 12.3. The van der Waals surface area contributed by atoms with Gasteiger partial charge in [-0.1, -0.05) is 13.8 Å². The third kappa shape index (κ3) is 3.78. The van der Waals surface area contributed by atoms with Gasteiger partial charge in [-0.05, 0) is 23.7 Å². The number of hydrogen-bond donors (Lipinski definition) is 1. The lowest BCUT2D eigenvalue weighted by atomic mass is 10.1. The second-order valence-corrected chi connectivity index (χ2v) is 5.71. The molecule has 0 bridgehead atoms. The molecule has 110 valence electrons. The second kappa shape index (κ2) is 5.90. The number of fused-ring (bicyclic) bond motifs is 1. The van der Waals surface area contributed by atoms with Crippen LogP contribution in [0.5, 0.6) is 0 Å². The van der Waals surface area contributed by atoms with Gasteiger partial charge in [0.15, 0.2) is 5.82 Å². The highest BCUT2D eigenvalue weighted by Gasteiger charge is 2.27. The average Bonchev–Trinajstić information content (AvgIpc) is 2.78. The molecule has 20 heavy (non-hydrogen) atoms. The van der Waals surface area contributed by atoms with E-state index in [-0.39, 0.29) is 30.0 Å².